The van der Waals surface area contributed by atoms with Crippen molar-refractivity contribution in [3.63, 3.8) is 0 Å². The second kappa shape index (κ2) is 7.14. The van der Waals surface area contributed by atoms with Gasteiger partial charge in [-0.25, -0.2) is 0 Å². The van der Waals surface area contributed by atoms with Crippen molar-refractivity contribution in [2.24, 2.45) is 0 Å². The molecule has 1 N–H and O–H groups in total. The molecule has 0 aliphatic rings. The van der Waals surface area contributed by atoms with E-state index in [2.05, 4.69) is 18.1 Å². The van der Waals surface area contributed by atoms with Gasteiger partial charge in [0.05, 0.1) is 17.3 Å². The first-order chi connectivity index (χ1) is 8.11. The lowest BCUT2D eigenvalue weighted by atomic mass is 10.1. The summed E-state index contributed by atoms with van der Waals surface area (Å²) in [5, 5.41) is 10.1. The summed E-state index contributed by atoms with van der Waals surface area (Å²) in [4.78, 5) is 2.16. The minimum Gasteiger partial charge on any atom is -0.392 e. The van der Waals surface area contributed by atoms with Gasteiger partial charge in [0.1, 0.15) is 0 Å². The van der Waals surface area contributed by atoms with Crippen molar-refractivity contribution in [2.75, 3.05) is 24.0 Å². The van der Waals surface area contributed by atoms with Gasteiger partial charge in [0.25, 0.3) is 0 Å². The molecule has 0 heterocycles. The van der Waals surface area contributed by atoms with Crippen molar-refractivity contribution >= 4 is 29.1 Å². The van der Waals surface area contributed by atoms with Crippen molar-refractivity contribution in [1.29, 1.82) is 0 Å². The molecule has 0 bridgehead atoms. The molecule has 0 fully saturated rings. The summed E-state index contributed by atoms with van der Waals surface area (Å²) in [6.07, 6.45) is 3.22. The lowest BCUT2D eigenvalue weighted by Gasteiger charge is -2.29. The number of rotatable bonds is 6. The Bertz CT molecular complexity index is 359. The quantitative estimate of drug-likeness (QED) is 0.859. The normalized spacial score (nSPS) is 12.5. The molecule has 1 rings (SSSR count). The smallest absolute Gasteiger partial charge is 0.0702 e. The standard InChI is InChI=1S/C13H20ClNOS/c1-10(7-8-17-3)15(2)13-11(9-16)5-4-6-12(13)14/h4-6,10,16H,7-9H2,1-3H3. The van der Waals surface area contributed by atoms with Crippen molar-refractivity contribution in [2.45, 2.75) is 26.0 Å². The summed E-state index contributed by atoms with van der Waals surface area (Å²) in [5.74, 6) is 1.13. The Morgan fingerprint density at radius 1 is 1.47 bits per heavy atom. The Kier molecular flexibility index (Phi) is 6.17. The van der Waals surface area contributed by atoms with E-state index in [1.54, 1.807) is 0 Å². The van der Waals surface area contributed by atoms with Gasteiger partial charge in [-0.2, -0.15) is 11.8 Å². The maximum Gasteiger partial charge on any atom is 0.0702 e. The van der Waals surface area contributed by atoms with E-state index in [1.807, 2.05) is 37.0 Å². The van der Waals surface area contributed by atoms with Crippen LogP contribution < -0.4 is 4.90 Å². The molecular formula is C13H20ClNOS. The van der Waals surface area contributed by atoms with Gasteiger partial charge in [-0.05, 0) is 31.4 Å². The van der Waals surface area contributed by atoms with Gasteiger partial charge in [0.15, 0.2) is 0 Å². The monoisotopic (exact) mass is 273 g/mol. The summed E-state index contributed by atoms with van der Waals surface area (Å²) >= 11 is 8.07. The number of hydrogen-bond acceptors (Lipinski definition) is 3. The van der Waals surface area contributed by atoms with E-state index in [0.29, 0.717) is 11.1 Å². The van der Waals surface area contributed by atoms with Crippen LogP contribution in [0.4, 0.5) is 5.69 Å². The lowest BCUT2D eigenvalue weighted by Crippen LogP contribution is -2.30. The van der Waals surface area contributed by atoms with Crippen molar-refractivity contribution in [1.82, 2.24) is 0 Å². The number of aliphatic hydroxyl groups is 1. The van der Waals surface area contributed by atoms with Gasteiger partial charge in [-0.3, -0.25) is 0 Å². The van der Waals surface area contributed by atoms with Crippen LogP contribution in [0.1, 0.15) is 18.9 Å². The Hall–Kier alpha value is -0.380. The third kappa shape index (κ3) is 3.80. The maximum atomic E-state index is 9.36. The zero-order chi connectivity index (χ0) is 12.8. The molecule has 4 heteroatoms. The molecule has 0 amide bonds. The van der Waals surface area contributed by atoms with Gasteiger partial charge in [-0.15, -0.1) is 0 Å². The van der Waals surface area contributed by atoms with Gasteiger partial charge in [0, 0.05) is 18.7 Å². The molecular weight excluding hydrogens is 254 g/mol. The first-order valence-corrected chi connectivity index (χ1v) is 7.49. The highest BCUT2D eigenvalue weighted by Crippen LogP contribution is 2.31. The van der Waals surface area contributed by atoms with Crippen LogP contribution >= 0.6 is 23.4 Å². The summed E-state index contributed by atoms with van der Waals surface area (Å²) in [6.45, 7) is 2.20. The van der Waals surface area contributed by atoms with Crippen LogP contribution in [0.15, 0.2) is 18.2 Å². The van der Waals surface area contributed by atoms with Crippen LogP contribution in [0.5, 0.6) is 0 Å². The summed E-state index contributed by atoms with van der Waals surface area (Å²) < 4.78 is 0. The van der Waals surface area contributed by atoms with E-state index in [0.717, 1.165) is 23.4 Å². The molecule has 1 aromatic rings. The maximum absolute atomic E-state index is 9.36. The highest BCUT2D eigenvalue weighted by atomic mass is 35.5. The average molecular weight is 274 g/mol. The van der Waals surface area contributed by atoms with E-state index >= 15 is 0 Å². The first kappa shape index (κ1) is 14.7. The van der Waals surface area contributed by atoms with E-state index in [-0.39, 0.29) is 6.61 Å². The van der Waals surface area contributed by atoms with Gasteiger partial charge in [0.2, 0.25) is 0 Å². The predicted molar refractivity (Wildman–Crippen MR) is 78.2 cm³/mol. The van der Waals surface area contributed by atoms with Gasteiger partial charge < -0.3 is 10.0 Å². The topological polar surface area (TPSA) is 23.5 Å². The van der Waals surface area contributed by atoms with Crippen LogP contribution in [0, 0.1) is 0 Å². The van der Waals surface area contributed by atoms with Crippen LogP contribution in [-0.2, 0) is 6.61 Å². The van der Waals surface area contributed by atoms with Gasteiger partial charge in [-0.1, -0.05) is 23.7 Å². The Morgan fingerprint density at radius 3 is 2.76 bits per heavy atom. The Labute approximate surface area is 113 Å². The number of aliphatic hydroxyl groups excluding tert-OH is 1. The fourth-order valence-electron chi connectivity index (χ4n) is 1.79. The number of hydrogen-bond donors (Lipinski definition) is 1. The number of nitrogens with zero attached hydrogens (tertiary/aromatic N) is 1. The minimum absolute atomic E-state index is 0.0233. The summed E-state index contributed by atoms with van der Waals surface area (Å²) in [6, 6.07) is 6.07. The van der Waals surface area contributed by atoms with Crippen molar-refractivity contribution in [3.8, 4) is 0 Å². The average Bonchev–Trinajstić information content (AvgIpc) is 2.34. The molecule has 2 nitrogen and oxygen atoms in total. The van der Waals surface area contributed by atoms with Crippen LogP contribution in [0.3, 0.4) is 0 Å². The van der Waals surface area contributed by atoms with Crippen LogP contribution in [0.25, 0.3) is 0 Å². The van der Waals surface area contributed by atoms with Crippen LogP contribution in [-0.4, -0.2) is 30.2 Å². The van der Waals surface area contributed by atoms with Crippen molar-refractivity contribution in [3.05, 3.63) is 28.8 Å². The minimum atomic E-state index is 0.0233. The molecule has 0 saturated carbocycles. The van der Waals surface area contributed by atoms with E-state index in [4.69, 9.17) is 11.6 Å². The molecule has 1 unspecified atom stereocenters. The molecule has 0 spiro atoms. The second-order valence-electron chi connectivity index (χ2n) is 4.15. The highest BCUT2D eigenvalue weighted by Gasteiger charge is 2.15. The number of para-hydroxylation sites is 1. The summed E-state index contributed by atoms with van der Waals surface area (Å²) in [7, 11) is 2.03. The molecule has 0 aliphatic heterocycles. The molecule has 17 heavy (non-hydrogen) atoms. The molecule has 0 radical (unpaired) electrons. The van der Waals surface area contributed by atoms with E-state index in [1.165, 1.54) is 0 Å². The van der Waals surface area contributed by atoms with Gasteiger partial charge >= 0.3 is 0 Å². The van der Waals surface area contributed by atoms with Crippen molar-refractivity contribution < 1.29 is 5.11 Å². The molecule has 96 valence electrons. The second-order valence-corrected chi connectivity index (χ2v) is 5.54. The molecule has 0 saturated heterocycles. The number of thioether (sulfide) groups is 1. The van der Waals surface area contributed by atoms with Crippen LogP contribution in [0.2, 0.25) is 5.02 Å². The first-order valence-electron chi connectivity index (χ1n) is 5.71. The third-order valence-corrected chi connectivity index (χ3v) is 3.94. The third-order valence-electron chi connectivity index (χ3n) is 2.99. The van der Waals surface area contributed by atoms with E-state index < -0.39 is 0 Å². The lowest BCUT2D eigenvalue weighted by molar-refractivity contribution is 0.282. The highest BCUT2D eigenvalue weighted by molar-refractivity contribution is 7.98. The zero-order valence-corrected chi connectivity index (χ0v) is 12.2. The molecule has 1 atom stereocenters. The number of benzene rings is 1. The molecule has 0 aromatic heterocycles. The Balaban J connectivity index is 2.90. The Morgan fingerprint density at radius 2 is 2.18 bits per heavy atom. The molecule has 1 aromatic carbocycles. The SMILES string of the molecule is CSCCC(C)N(C)c1c(Cl)cccc1CO. The number of halogens is 1. The fraction of sp³-hybridized carbons (Fsp3) is 0.538. The van der Waals surface area contributed by atoms with E-state index in [9.17, 15) is 5.11 Å². The largest absolute Gasteiger partial charge is 0.392 e. The number of anilines is 1. The predicted octanol–water partition coefficient (Wildman–Crippen LogP) is 3.41. The molecule has 0 aliphatic carbocycles. The summed E-state index contributed by atoms with van der Waals surface area (Å²) in [5.41, 5.74) is 1.83. The zero-order valence-electron chi connectivity index (χ0n) is 10.6. The fourth-order valence-corrected chi connectivity index (χ4v) is 2.69.